The van der Waals surface area contributed by atoms with Gasteiger partial charge < -0.3 is 4.90 Å². The molecule has 1 atom stereocenters. The predicted octanol–water partition coefficient (Wildman–Crippen LogP) is 3.75. The summed E-state index contributed by atoms with van der Waals surface area (Å²) in [5.74, 6) is 0. The van der Waals surface area contributed by atoms with Gasteiger partial charge in [-0.15, -0.1) is 0 Å². The Bertz CT molecular complexity index is 436. The number of likely N-dealkylation sites (N-methyl/N-ethyl adjacent to an activating group) is 1. The first-order valence-electron chi connectivity index (χ1n) is 6.09. The molecule has 17 heavy (non-hydrogen) atoms. The SMILES string of the molecule is CC(Cc1ccccc1)N(C)c1ccccc1. The van der Waals surface area contributed by atoms with E-state index in [1.165, 1.54) is 11.3 Å². The standard InChI is InChI=1S/C16H19N/c1-14(13-15-9-5-3-6-10-15)17(2)16-11-7-4-8-12-16/h3-12,14H,13H2,1-2H3. The van der Waals surface area contributed by atoms with Crippen molar-refractivity contribution < 1.29 is 0 Å². The summed E-state index contributed by atoms with van der Waals surface area (Å²) < 4.78 is 0. The van der Waals surface area contributed by atoms with E-state index in [2.05, 4.69) is 79.5 Å². The van der Waals surface area contributed by atoms with Gasteiger partial charge in [0.15, 0.2) is 0 Å². The van der Waals surface area contributed by atoms with Crippen LogP contribution in [0.1, 0.15) is 12.5 Å². The summed E-state index contributed by atoms with van der Waals surface area (Å²) in [7, 11) is 2.16. The highest BCUT2D eigenvalue weighted by Gasteiger charge is 2.09. The van der Waals surface area contributed by atoms with E-state index in [9.17, 15) is 0 Å². The number of hydrogen-bond donors (Lipinski definition) is 0. The summed E-state index contributed by atoms with van der Waals surface area (Å²) in [5.41, 5.74) is 2.67. The van der Waals surface area contributed by atoms with Crippen molar-refractivity contribution in [3.8, 4) is 0 Å². The highest BCUT2D eigenvalue weighted by atomic mass is 15.1. The highest BCUT2D eigenvalue weighted by molar-refractivity contribution is 5.46. The molecule has 0 N–H and O–H groups in total. The Kier molecular flexibility index (Phi) is 3.81. The second-order valence-electron chi connectivity index (χ2n) is 4.49. The lowest BCUT2D eigenvalue weighted by Gasteiger charge is -2.27. The molecular weight excluding hydrogens is 206 g/mol. The monoisotopic (exact) mass is 225 g/mol. The van der Waals surface area contributed by atoms with Crippen molar-refractivity contribution in [2.75, 3.05) is 11.9 Å². The molecule has 2 aromatic carbocycles. The summed E-state index contributed by atoms with van der Waals surface area (Å²) in [6.07, 6.45) is 1.08. The molecule has 0 fully saturated rings. The van der Waals surface area contributed by atoms with Crippen LogP contribution in [0.25, 0.3) is 0 Å². The topological polar surface area (TPSA) is 3.24 Å². The molecule has 0 aliphatic rings. The lowest BCUT2D eigenvalue weighted by atomic mass is 10.1. The molecule has 1 unspecified atom stereocenters. The quantitative estimate of drug-likeness (QED) is 0.766. The van der Waals surface area contributed by atoms with Gasteiger partial charge in [0.25, 0.3) is 0 Å². The van der Waals surface area contributed by atoms with Crippen molar-refractivity contribution in [3.05, 3.63) is 66.2 Å². The second kappa shape index (κ2) is 5.53. The third kappa shape index (κ3) is 3.10. The van der Waals surface area contributed by atoms with Crippen LogP contribution in [0.15, 0.2) is 60.7 Å². The summed E-state index contributed by atoms with van der Waals surface area (Å²) in [5, 5.41) is 0. The Morgan fingerprint density at radius 2 is 1.41 bits per heavy atom. The fourth-order valence-corrected chi connectivity index (χ4v) is 2.01. The number of hydrogen-bond acceptors (Lipinski definition) is 1. The van der Waals surface area contributed by atoms with Crippen LogP contribution in [0, 0.1) is 0 Å². The van der Waals surface area contributed by atoms with Gasteiger partial charge in [0.1, 0.15) is 0 Å². The molecule has 88 valence electrons. The zero-order valence-electron chi connectivity index (χ0n) is 10.5. The summed E-state index contributed by atoms with van der Waals surface area (Å²) in [6.45, 7) is 2.26. The second-order valence-corrected chi connectivity index (χ2v) is 4.49. The first-order chi connectivity index (χ1) is 8.27. The predicted molar refractivity (Wildman–Crippen MR) is 74.5 cm³/mol. The highest BCUT2D eigenvalue weighted by Crippen LogP contribution is 2.16. The van der Waals surface area contributed by atoms with Crippen LogP contribution in [-0.4, -0.2) is 13.1 Å². The first kappa shape index (κ1) is 11.7. The van der Waals surface area contributed by atoms with Gasteiger partial charge in [-0.25, -0.2) is 0 Å². The lowest BCUT2D eigenvalue weighted by Crippen LogP contribution is -2.30. The van der Waals surface area contributed by atoms with Gasteiger partial charge in [0.2, 0.25) is 0 Å². The maximum absolute atomic E-state index is 2.33. The van der Waals surface area contributed by atoms with E-state index in [1.54, 1.807) is 0 Å². The molecule has 1 heteroatoms. The van der Waals surface area contributed by atoms with E-state index < -0.39 is 0 Å². The Morgan fingerprint density at radius 3 is 2.00 bits per heavy atom. The lowest BCUT2D eigenvalue weighted by molar-refractivity contribution is 0.682. The molecule has 0 spiro atoms. The van der Waals surface area contributed by atoms with E-state index >= 15 is 0 Å². The van der Waals surface area contributed by atoms with E-state index in [0.717, 1.165) is 6.42 Å². The van der Waals surface area contributed by atoms with Crippen LogP contribution < -0.4 is 4.90 Å². The van der Waals surface area contributed by atoms with Gasteiger partial charge in [-0.2, -0.15) is 0 Å². The number of anilines is 1. The van der Waals surface area contributed by atoms with Crippen molar-refractivity contribution in [2.24, 2.45) is 0 Å². The Labute approximate surface area is 104 Å². The van der Waals surface area contributed by atoms with Crippen molar-refractivity contribution in [3.63, 3.8) is 0 Å². The number of benzene rings is 2. The van der Waals surface area contributed by atoms with Crippen LogP contribution in [0.3, 0.4) is 0 Å². The molecule has 0 radical (unpaired) electrons. The van der Waals surface area contributed by atoms with Crippen LogP contribution in [-0.2, 0) is 6.42 Å². The minimum absolute atomic E-state index is 0.500. The smallest absolute Gasteiger partial charge is 0.0366 e. The minimum atomic E-state index is 0.500. The van der Waals surface area contributed by atoms with Gasteiger partial charge in [0.05, 0.1) is 0 Å². The van der Waals surface area contributed by atoms with Crippen molar-refractivity contribution >= 4 is 5.69 Å². The molecule has 0 heterocycles. The van der Waals surface area contributed by atoms with Crippen LogP contribution in [0.5, 0.6) is 0 Å². The zero-order valence-corrected chi connectivity index (χ0v) is 10.5. The number of para-hydroxylation sites is 1. The van der Waals surface area contributed by atoms with Crippen molar-refractivity contribution in [1.82, 2.24) is 0 Å². The van der Waals surface area contributed by atoms with E-state index in [4.69, 9.17) is 0 Å². The van der Waals surface area contributed by atoms with Crippen molar-refractivity contribution in [2.45, 2.75) is 19.4 Å². The first-order valence-corrected chi connectivity index (χ1v) is 6.09. The summed E-state index contributed by atoms with van der Waals surface area (Å²) >= 11 is 0. The number of nitrogens with zero attached hydrogens (tertiary/aromatic N) is 1. The van der Waals surface area contributed by atoms with Crippen LogP contribution >= 0.6 is 0 Å². The van der Waals surface area contributed by atoms with Gasteiger partial charge in [-0.1, -0.05) is 48.5 Å². The summed E-state index contributed by atoms with van der Waals surface area (Å²) in [6, 6.07) is 21.7. The fraction of sp³-hybridized carbons (Fsp3) is 0.250. The largest absolute Gasteiger partial charge is 0.372 e. The Hall–Kier alpha value is -1.76. The molecule has 0 aliphatic carbocycles. The molecule has 0 aromatic heterocycles. The molecule has 0 aliphatic heterocycles. The maximum Gasteiger partial charge on any atom is 0.0366 e. The van der Waals surface area contributed by atoms with Gasteiger partial charge in [0, 0.05) is 18.8 Å². The molecule has 2 aromatic rings. The van der Waals surface area contributed by atoms with Gasteiger partial charge >= 0.3 is 0 Å². The van der Waals surface area contributed by atoms with E-state index in [-0.39, 0.29) is 0 Å². The zero-order chi connectivity index (χ0) is 12.1. The fourth-order valence-electron chi connectivity index (χ4n) is 2.01. The van der Waals surface area contributed by atoms with Crippen molar-refractivity contribution in [1.29, 1.82) is 0 Å². The van der Waals surface area contributed by atoms with Crippen LogP contribution in [0.2, 0.25) is 0 Å². The maximum atomic E-state index is 2.33. The minimum Gasteiger partial charge on any atom is -0.372 e. The molecular formula is C16H19N. The van der Waals surface area contributed by atoms with E-state index in [1.807, 2.05) is 0 Å². The van der Waals surface area contributed by atoms with E-state index in [0.29, 0.717) is 6.04 Å². The molecule has 2 rings (SSSR count). The van der Waals surface area contributed by atoms with Crippen LogP contribution in [0.4, 0.5) is 5.69 Å². The normalized spacial score (nSPS) is 12.1. The average molecular weight is 225 g/mol. The third-order valence-electron chi connectivity index (χ3n) is 3.20. The molecule has 1 nitrogen and oxygen atoms in total. The molecule has 0 amide bonds. The average Bonchev–Trinajstić information content (AvgIpc) is 2.40. The third-order valence-corrected chi connectivity index (χ3v) is 3.20. The Morgan fingerprint density at radius 1 is 0.882 bits per heavy atom. The molecule has 0 saturated heterocycles. The number of rotatable bonds is 4. The molecule has 0 bridgehead atoms. The van der Waals surface area contributed by atoms with Gasteiger partial charge in [-0.3, -0.25) is 0 Å². The molecule has 0 saturated carbocycles. The Balaban J connectivity index is 2.03. The van der Waals surface area contributed by atoms with Gasteiger partial charge in [-0.05, 0) is 31.0 Å². The summed E-state index contributed by atoms with van der Waals surface area (Å²) in [4.78, 5) is 2.33.